The highest BCUT2D eigenvalue weighted by Gasteiger charge is 2.03. The minimum atomic E-state index is 0.197. The highest BCUT2D eigenvalue weighted by atomic mass is 16.5. The van der Waals surface area contributed by atoms with E-state index in [1.54, 1.807) is 25.3 Å². The lowest BCUT2D eigenvalue weighted by atomic mass is 10.3. The molecule has 1 aromatic carbocycles. The maximum absolute atomic E-state index is 8.60. The minimum Gasteiger partial charge on any atom is -0.493 e. The fraction of sp³-hybridized carbons (Fsp3) is 0.455. The van der Waals surface area contributed by atoms with Crippen LogP contribution >= 0.6 is 0 Å². The molecule has 0 atom stereocenters. The van der Waals surface area contributed by atoms with Crippen molar-refractivity contribution in [3.8, 4) is 11.5 Å². The van der Waals surface area contributed by atoms with Gasteiger partial charge in [0.2, 0.25) is 0 Å². The molecule has 0 radical (unpaired) electrons. The van der Waals surface area contributed by atoms with Crippen molar-refractivity contribution >= 4 is 5.69 Å². The maximum atomic E-state index is 8.60. The average molecular weight is 211 g/mol. The number of anilines is 1. The average Bonchev–Trinajstić information content (AvgIpc) is 2.26. The molecule has 0 heterocycles. The van der Waals surface area contributed by atoms with E-state index in [1.165, 1.54) is 0 Å². The number of hydrogen-bond donors (Lipinski definition) is 2. The molecule has 0 amide bonds. The lowest BCUT2D eigenvalue weighted by Crippen LogP contribution is -2.00. The fourth-order valence-corrected chi connectivity index (χ4v) is 1.20. The van der Waals surface area contributed by atoms with Crippen LogP contribution in [0.4, 0.5) is 5.69 Å². The van der Waals surface area contributed by atoms with Gasteiger partial charge in [0, 0.05) is 18.4 Å². The Morgan fingerprint density at radius 2 is 2.07 bits per heavy atom. The normalized spacial score (nSPS) is 10.0. The van der Waals surface area contributed by atoms with Gasteiger partial charge in [0.05, 0.1) is 13.7 Å². The summed E-state index contributed by atoms with van der Waals surface area (Å²) < 4.78 is 10.6. The van der Waals surface area contributed by atoms with Gasteiger partial charge in [0.15, 0.2) is 11.5 Å². The summed E-state index contributed by atoms with van der Waals surface area (Å²) in [4.78, 5) is 0. The largest absolute Gasteiger partial charge is 0.493 e. The zero-order valence-electron chi connectivity index (χ0n) is 8.90. The van der Waals surface area contributed by atoms with Gasteiger partial charge >= 0.3 is 0 Å². The Kier molecular flexibility index (Phi) is 4.77. The summed E-state index contributed by atoms with van der Waals surface area (Å²) in [5, 5.41) is 8.60. The van der Waals surface area contributed by atoms with E-state index in [2.05, 4.69) is 0 Å². The highest BCUT2D eigenvalue weighted by Crippen LogP contribution is 2.28. The second-order valence-corrected chi connectivity index (χ2v) is 3.19. The smallest absolute Gasteiger partial charge is 0.162 e. The Bertz CT molecular complexity index is 302. The lowest BCUT2D eigenvalue weighted by molar-refractivity contribution is 0.247. The molecule has 1 rings (SSSR count). The van der Waals surface area contributed by atoms with Crippen molar-refractivity contribution < 1.29 is 14.6 Å². The topological polar surface area (TPSA) is 64.7 Å². The van der Waals surface area contributed by atoms with Gasteiger partial charge < -0.3 is 20.3 Å². The number of aliphatic hydroxyl groups excluding tert-OH is 1. The molecule has 0 aromatic heterocycles. The van der Waals surface area contributed by atoms with E-state index in [4.69, 9.17) is 20.3 Å². The van der Waals surface area contributed by atoms with Gasteiger partial charge in [-0.2, -0.15) is 0 Å². The summed E-state index contributed by atoms with van der Waals surface area (Å²) >= 11 is 0. The Labute approximate surface area is 89.6 Å². The van der Waals surface area contributed by atoms with Crippen molar-refractivity contribution in [3.05, 3.63) is 18.2 Å². The quantitative estimate of drug-likeness (QED) is 0.552. The summed E-state index contributed by atoms with van der Waals surface area (Å²) in [6.07, 6.45) is 1.57. The summed E-state index contributed by atoms with van der Waals surface area (Å²) in [6, 6.07) is 5.28. The third-order valence-electron chi connectivity index (χ3n) is 2.00. The van der Waals surface area contributed by atoms with Crippen molar-refractivity contribution in [1.82, 2.24) is 0 Å². The zero-order chi connectivity index (χ0) is 11.1. The molecule has 3 N–H and O–H groups in total. The third-order valence-corrected chi connectivity index (χ3v) is 2.00. The molecule has 0 fully saturated rings. The molecular formula is C11H17NO3. The highest BCUT2D eigenvalue weighted by molar-refractivity contribution is 5.51. The van der Waals surface area contributed by atoms with Crippen molar-refractivity contribution in [2.45, 2.75) is 12.8 Å². The molecule has 15 heavy (non-hydrogen) atoms. The molecule has 0 saturated heterocycles. The van der Waals surface area contributed by atoms with Crippen LogP contribution in [0, 0.1) is 0 Å². The van der Waals surface area contributed by atoms with Crippen LogP contribution in [0.5, 0.6) is 11.5 Å². The van der Waals surface area contributed by atoms with Crippen LogP contribution in [-0.4, -0.2) is 25.4 Å². The van der Waals surface area contributed by atoms with Crippen molar-refractivity contribution in [1.29, 1.82) is 0 Å². The predicted molar refractivity (Wildman–Crippen MR) is 59.2 cm³/mol. The summed E-state index contributed by atoms with van der Waals surface area (Å²) in [7, 11) is 1.58. The molecule has 0 aliphatic heterocycles. The minimum absolute atomic E-state index is 0.197. The maximum Gasteiger partial charge on any atom is 0.162 e. The standard InChI is InChI=1S/C11H17NO3/c1-14-11-8-9(12)4-5-10(11)15-7-3-2-6-13/h4-5,8,13H,2-3,6-7,12H2,1H3. The second-order valence-electron chi connectivity index (χ2n) is 3.19. The van der Waals surface area contributed by atoms with Gasteiger partial charge in [0.25, 0.3) is 0 Å². The SMILES string of the molecule is COc1cc(N)ccc1OCCCCO. The number of ether oxygens (including phenoxy) is 2. The first-order valence-electron chi connectivity index (χ1n) is 4.95. The predicted octanol–water partition coefficient (Wildman–Crippen LogP) is 1.43. The van der Waals surface area contributed by atoms with Crippen LogP contribution in [0.1, 0.15) is 12.8 Å². The van der Waals surface area contributed by atoms with E-state index in [-0.39, 0.29) is 6.61 Å². The van der Waals surface area contributed by atoms with E-state index in [0.29, 0.717) is 23.8 Å². The number of benzene rings is 1. The van der Waals surface area contributed by atoms with Crippen molar-refractivity contribution in [2.75, 3.05) is 26.1 Å². The van der Waals surface area contributed by atoms with Crippen LogP contribution in [-0.2, 0) is 0 Å². The molecule has 0 saturated carbocycles. The van der Waals surface area contributed by atoms with Gasteiger partial charge in [-0.3, -0.25) is 0 Å². The van der Waals surface area contributed by atoms with Crippen LogP contribution in [0.2, 0.25) is 0 Å². The Morgan fingerprint density at radius 3 is 2.73 bits per heavy atom. The van der Waals surface area contributed by atoms with Crippen molar-refractivity contribution in [3.63, 3.8) is 0 Å². The zero-order valence-corrected chi connectivity index (χ0v) is 8.90. The summed E-state index contributed by atoms with van der Waals surface area (Å²) in [6.45, 7) is 0.767. The van der Waals surface area contributed by atoms with Crippen LogP contribution in [0.25, 0.3) is 0 Å². The molecule has 4 heteroatoms. The van der Waals surface area contributed by atoms with Crippen LogP contribution in [0.3, 0.4) is 0 Å². The van der Waals surface area contributed by atoms with E-state index in [0.717, 1.165) is 12.8 Å². The van der Waals surface area contributed by atoms with Gasteiger partial charge in [-0.15, -0.1) is 0 Å². The van der Waals surface area contributed by atoms with Gasteiger partial charge in [-0.1, -0.05) is 0 Å². The molecule has 1 aromatic rings. The van der Waals surface area contributed by atoms with Crippen LogP contribution in [0.15, 0.2) is 18.2 Å². The lowest BCUT2D eigenvalue weighted by Gasteiger charge is -2.10. The van der Waals surface area contributed by atoms with E-state index >= 15 is 0 Å². The molecule has 4 nitrogen and oxygen atoms in total. The molecule has 0 bridgehead atoms. The van der Waals surface area contributed by atoms with E-state index in [9.17, 15) is 0 Å². The number of nitrogens with two attached hydrogens (primary N) is 1. The first-order chi connectivity index (χ1) is 7.27. The fourth-order valence-electron chi connectivity index (χ4n) is 1.20. The monoisotopic (exact) mass is 211 g/mol. The second kappa shape index (κ2) is 6.14. The molecule has 0 aliphatic rings. The number of nitrogen functional groups attached to an aromatic ring is 1. The number of hydrogen-bond acceptors (Lipinski definition) is 4. The van der Waals surface area contributed by atoms with E-state index in [1.807, 2.05) is 0 Å². The Morgan fingerprint density at radius 1 is 1.27 bits per heavy atom. The van der Waals surface area contributed by atoms with Gasteiger partial charge in [-0.05, 0) is 25.0 Å². The van der Waals surface area contributed by atoms with Crippen molar-refractivity contribution in [2.24, 2.45) is 0 Å². The molecular weight excluding hydrogens is 194 g/mol. The number of unbranched alkanes of at least 4 members (excludes halogenated alkanes) is 1. The van der Waals surface area contributed by atoms with Gasteiger partial charge in [-0.25, -0.2) is 0 Å². The number of rotatable bonds is 6. The summed E-state index contributed by atoms with van der Waals surface area (Å²) in [5.41, 5.74) is 6.26. The summed E-state index contributed by atoms with van der Waals surface area (Å²) in [5.74, 6) is 1.32. The molecule has 0 aliphatic carbocycles. The molecule has 0 spiro atoms. The number of methoxy groups -OCH3 is 1. The Hall–Kier alpha value is -1.42. The molecule has 0 unspecified atom stereocenters. The third kappa shape index (κ3) is 3.67. The number of aliphatic hydroxyl groups is 1. The van der Waals surface area contributed by atoms with Crippen LogP contribution < -0.4 is 15.2 Å². The first kappa shape index (κ1) is 11.7. The first-order valence-corrected chi connectivity index (χ1v) is 4.95. The van der Waals surface area contributed by atoms with E-state index < -0.39 is 0 Å². The van der Waals surface area contributed by atoms with Gasteiger partial charge in [0.1, 0.15) is 0 Å². The molecule has 84 valence electrons. The Balaban J connectivity index is 2.52.